The normalized spacial score (nSPS) is 32.5. The molecule has 2 aliphatic rings. The van der Waals surface area contributed by atoms with Crippen molar-refractivity contribution in [1.29, 1.82) is 0 Å². The van der Waals surface area contributed by atoms with Gasteiger partial charge < -0.3 is 5.32 Å². The molecule has 0 spiro atoms. The second-order valence-electron chi connectivity index (χ2n) is 7.56. The molecule has 1 heterocycles. The van der Waals surface area contributed by atoms with Crippen molar-refractivity contribution in [3.8, 4) is 0 Å². The number of benzene rings is 1. The third-order valence-electron chi connectivity index (χ3n) is 5.53. The van der Waals surface area contributed by atoms with Crippen LogP contribution >= 0.6 is 0 Å². The van der Waals surface area contributed by atoms with E-state index in [0.29, 0.717) is 0 Å². The summed E-state index contributed by atoms with van der Waals surface area (Å²) in [5.74, 6) is 0.740. The first kappa shape index (κ1) is 14.1. The molecule has 1 saturated heterocycles. The molecule has 0 radical (unpaired) electrons. The Morgan fingerprint density at radius 3 is 2.70 bits per heavy atom. The third-order valence-corrected chi connectivity index (χ3v) is 5.53. The number of hydrogen-bond acceptors (Lipinski definition) is 2. The summed E-state index contributed by atoms with van der Waals surface area (Å²) in [6.07, 6.45) is 2.46. The zero-order chi connectivity index (χ0) is 14.4. The van der Waals surface area contributed by atoms with Crippen LogP contribution in [0.1, 0.15) is 51.2 Å². The van der Waals surface area contributed by atoms with Gasteiger partial charge in [0.25, 0.3) is 0 Å². The summed E-state index contributed by atoms with van der Waals surface area (Å²) in [6.45, 7) is 12.9. The van der Waals surface area contributed by atoms with Crippen molar-refractivity contribution >= 4 is 0 Å². The van der Waals surface area contributed by atoms with E-state index in [0.717, 1.165) is 19.0 Å². The van der Waals surface area contributed by atoms with Crippen LogP contribution in [0.4, 0.5) is 0 Å². The molecule has 2 unspecified atom stereocenters. The predicted molar refractivity (Wildman–Crippen MR) is 85.2 cm³/mol. The van der Waals surface area contributed by atoms with Crippen LogP contribution in [-0.4, -0.2) is 35.6 Å². The molecule has 0 saturated carbocycles. The van der Waals surface area contributed by atoms with E-state index in [-0.39, 0.29) is 11.1 Å². The van der Waals surface area contributed by atoms with E-state index in [4.69, 9.17) is 0 Å². The second-order valence-corrected chi connectivity index (χ2v) is 7.56. The molecule has 20 heavy (non-hydrogen) atoms. The smallest absolute Gasteiger partial charge is 0.0278 e. The lowest BCUT2D eigenvalue weighted by Crippen LogP contribution is -2.67. The predicted octanol–water partition coefficient (Wildman–Crippen LogP) is 3.18. The van der Waals surface area contributed by atoms with E-state index >= 15 is 0 Å². The standard InChI is InChI=1S/C18H28N2/c1-5-18(4)13-20(17(2,3)12-19-18)11-15-10-14-8-6-7-9-16(14)15/h6-9,15,19H,5,10-13H2,1-4H3. The molecule has 1 N–H and O–H groups in total. The number of hydrogen-bond donors (Lipinski definition) is 1. The van der Waals surface area contributed by atoms with Crippen LogP contribution in [0, 0.1) is 0 Å². The van der Waals surface area contributed by atoms with Gasteiger partial charge in [-0.2, -0.15) is 0 Å². The Kier molecular flexibility index (Phi) is 3.42. The minimum absolute atomic E-state index is 0.263. The highest BCUT2D eigenvalue weighted by Gasteiger charge is 2.41. The summed E-state index contributed by atoms with van der Waals surface area (Å²) in [5, 5.41) is 3.75. The molecule has 1 aliphatic carbocycles. The van der Waals surface area contributed by atoms with Crippen molar-refractivity contribution in [3.05, 3.63) is 35.4 Å². The molecular formula is C18H28N2. The molecule has 1 aliphatic heterocycles. The minimum atomic E-state index is 0.263. The first-order valence-corrected chi connectivity index (χ1v) is 8.01. The number of piperazine rings is 1. The molecule has 0 aromatic heterocycles. The Morgan fingerprint density at radius 1 is 1.25 bits per heavy atom. The summed E-state index contributed by atoms with van der Waals surface area (Å²) in [6, 6.07) is 8.95. The van der Waals surface area contributed by atoms with Crippen molar-refractivity contribution in [2.45, 2.75) is 57.5 Å². The maximum atomic E-state index is 3.75. The van der Waals surface area contributed by atoms with Crippen LogP contribution in [0.5, 0.6) is 0 Å². The number of nitrogens with zero attached hydrogens (tertiary/aromatic N) is 1. The van der Waals surface area contributed by atoms with Crippen LogP contribution in [0.15, 0.2) is 24.3 Å². The molecule has 1 aromatic rings. The fourth-order valence-electron chi connectivity index (χ4n) is 3.57. The molecule has 2 nitrogen and oxygen atoms in total. The lowest BCUT2D eigenvalue weighted by molar-refractivity contribution is 0.0245. The Hall–Kier alpha value is -0.860. The van der Waals surface area contributed by atoms with Gasteiger partial charge in [-0.3, -0.25) is 4.90 Å². The zero-order valence-electron chi connectivity index (χ0n) is 13.4. The van der Waals surface area contributed by atoms with E-state index in [1.165, 1.54) is 19.4 Å². The summed E-state index contributed by atoms with van der Waals surface area (Å²) >= 11 is 0. The van der Waals surface area contributed by atoms with Gasteiger partial charge in [0.2, 0.25) is 0 Å². The summed E-state index contributed by atoms with van der Waals surface area (Å²) < 4.78 is 0. The molecule has 110 valence electrons. The van der Waals surface area contributed by atoms with Crippen LogP contribution < -0.4 is 5.32 Å². The van der Waals surface area contributed by atoms with Crippen LogP contribution in [0.3, 0.4) is 0 Å². The van der Waals surface area contributed by atoms with E-state index in [1.807, 2.05) is 0 Å². The molecule has 0 bridgehead atoms. The third kappa shape index (κ3) is 2.40. The molecule has 0 amide bonds. The first-order chi connectivity index (χ1) is 9.43. The summed E-state index contributed by atoms with van der Waals surface area (Å²) in [5.41, 5.74) is 3.68. The molecule has 1 aromatic carbocycles. The van der Waals surface area contributed by atoms with Crippen molar-refractivity contribution < 1.29 is 0 Å². The van der Waals surface area contributed by atoms with E-state index in [9.17, 15) is 0 Å². The zero-order valence-corrected chi connectivity index (χ0v) is 13.4. The first-order valence-electron chi connectivity index (χ1n) is 8.01. The number of nitrogens with one attached hydrogen (secondary N) is 1. The average molecular weight is 272 g/mol. The lowest BCUT2D eigenvalue weighted by Gasteiger charge is -2.52. The second kappa shape index (κ2) is 4.85. The summed E-state index contributed by atoms with van der Waals surface area (Å²) in [7, 11) is 0. The van der Waals surface area contributed by atoms with Crippen LogP contribution in [0.2, 0.25) is 0 Å². The van der Waals surface area contributed by atoms with Crippen molar-refractivity contribution in [2.24, 2.45) is 0 Å². The maximum Gasteiger partial charge on any atom is 0.0278 e. The Balaban J connectivity index is 1.73. The Morgan fingerprint density at radius 2 is 2.00 bits per heavy atom. The van der Waals surface area contributed by atoms with E-state index in [2.05, 4.69) is 62.2 Å². The highest BCUT2D eigenvalue weighted by atomic mass is 15.3. The maximum absolute atomic E-state index is 3.75. The van der Waals surface area contributed by atoms with Crippen molar-refractivity contribution in [1.82, 2.24) is 10.2 Å². The number of rotatable bonds is 3. The lowest BCUT2D eigenvalue weighted by atomic mass is 9.76. The van der Waals surface area contributed by atoms with Gasteiger partial charge >= 0.3 is 0 Å². The Labute approximate surface area is 123 Å². The average Bonchev–Trinajstić information content (AvgIpc) is 2.40. The highest BCUT2D eigenvalue weighted by molar-refractivity contribution is 5.40. The fourth-order valence-corrected chi connectivity index (χ4v) is 3.57. The largest absolute Gasteiger partial charge is 0.308 e. The van der Waals surface area contributed by atoms with Gasteiger partial charge in [-0.05, 0) is 44.7 Å². The number of fused-ring (bicyclic) bond motifs is 1. The van der Waals surface area contributed by atoms with Gasteiger partial charge in [0.05, 0.1) is 0 Å². The minimum Gasteiger partial charge on any atom is -0.308 e. The SMILES string of the molecule is CCC1(C)CN(CC2Cc3ccccc32)C(C)(C)CN1. The van der Waals surface area contributed by atoms with Gasteiger partial charge in [0.15, 0.2) is 0 Å². The quantitative estimate of drug-likeness (QED) is 0.909. The van der Waals surface area contributed by atoms with Gasteiger partial charge in [-0.1, -0.05) is 31.2 Å². The Bertz CT molecular complexity index is 494. The fraction of sp³-hybridized carbons (Fsp3) is 0.667. The van der Waals surface area contributed by atoms with Crippen molar-refractivity contribution in [2.75, 3.05) is 19.6 Å². The van der Waals surface area contributed by atoms with E-state index < -0.39 is 0 Å². The van der Waals surface area contributed by atoms with Crippen LogP contribution in [-0.2, 0) is 6.42 Å². The van der Waals surface area contributed by atoms with Gasteiger partial charge in [0.1, 0.15) is 0 Å². The molecule has 3 rings (SSSR count). The van der Waals surface area contributed by atoms with Gasteiger partial charge in [-0.15, -0.1) is 0 Å². The molecule has 2 atom stereocenters. The van der Waals surface area contributed by atoms with Crippen molar-refractivity contribution in [3.63, 3.8) is 0 Å². The van der Waals surface area contributed by atoms with Crippen LogP contribution in [0.25, 0.3) is 0 Å². The summed E-state index contributed by atoms with van der Waals surface area (Å²) in [4.78, 5) is 2.72. The molecule has 2 heteroatoms. The highest BCUT2D eigenvalue weighted by Crippen LogP contribution is 2.37. The monoisotopic (exact) mass is 272 g/mol. The van der Waals surface area contributed by atoms with E-state index in [1.54, 1.807) is 11.1 Å². The molecular weight excluding hydrogens is 244 g/mol. The molecule has 1 fully saturated rings. The van der Waals surface area contributed by atoms with Gasteiger partial charge in [-0.25, -0.2) is 0 Å². The topological polar surface area (TPSA) is 15.3 Å². The van der Waals surface area contributed by atoms with Gasteiger partial charge in [0, 0.05) is 36.6 Å².